The Kier molecular flexibility index (Phi) is 33.5. The number of aromatic nitrogens is 6. The number of fused-ring (bicyclic) bond motifs is 17. The zero-order chi connectivity index (χ0) is 99.0. The van der Waals surface area contributed by atoms with E-state index in [1.165, 1.54) is 78.5 Å². The number of halogens is 10. The molecule has 6 bridgehead atoms. The van der Waals surface area contributed by atoms with E-state index < -0.39 is 226 Å². The number of nitrogens with zero attached hydrogens (tertiary/aromatic N) is 9. The van der Waals surface area contributed by atoms with Crippen molar-refractivity contribution in [2.75, 3.05) is 54.2 Å². The van der Waals surface area contributed by atoms with E-state index in [1.54, 1.807) is 102 Å². The van der Waals surface area contributed by atoms with Crippen molar-refractivity contribution >= 4 is 88.0 Å². The number of hydrogen-bond donors (Lipinski definition) is 3. The second kappa shape index (κ2) is 42.3. The molecule has 0 spiro atoms. The number of nitrogens with one attached hydrogen (secondary N) is 3. The van der Waals surface area contributed by atoms with Crippen molar-refractivity contribution in [3.05, 3.63) is 71.7 Å². The van der Waals surface area contributed by atoms with Crippen molar-refractivity contribution in [1.29, 1.82) is 0 Å². The molecule has 757 valence electrons. The molecule has 3 aromatic heterocycles. The minimum absolute atomic E-state index is 0. The van der Waals surface area contributed by atoms with E-state index in [1.807, 2.05) is 18.9 Å². The van der Waals surface area contributed by atoms with Gasteiger partial charge >= 0.3 is 47.9 Å². The summed E-state index contributed by atoms with van der Waals surface area (Å²) in [6, 6.07) is 6.33. The first kappa shape index (κ1) is 110. The Morgan fingerprint density at radius 2 is 0.835 bits per heavy atom. The van der Waals surface area contributed by atoms with Gasteiger partial charge in [0.05, 0.1) is 74.1 Å². The van der Waals surface area contributed by atoms with E-state index in [0.29, 0.717) is 54.8 Å². The summed E-state index contributed by atoms with van der Waals surface area (Å²) >= 11 is 0. The van der Waals surface area contributed by atoms with Gasteiger partial charge in [-0.05, 0) is 153 Å². The number of carbonyl (C=O) groups is 6. The summed E-state index contributed by atoms with van der Waals surface area (Å²) in [6.45, 7) is 20.9. The van der Waals surface area contributed by atoms with Gasteiger partial charge < -0.3 is 92.4 Å². The molecule has 3 N–H and O–H groups in total. The van der Waals surface area contributed by atoms with Gasteiger partial charge in [-0.15, -0.1) is 0 Å². The summed E-state index contributed by atoms with van der Waals surface area (Å²) in [5.74, 6) is -27.1. The Bertz CT molecular complexity index is 5540. The molecule has 4 saturated carbocycles. The SMILES string of the molecule is CC[C@@H]1[C@@H]2CN(C(=O)[C@H](C(C)(C)C)NC(=O)O[C@@H]3C[C@H]3CCCC(F)(F)C(F)(F)c3nc4ccc(OC)cc4nc3O2)[C@@H]1[C-]=O.CC[C@@H]1[C@@H]2CN(C(=O)[C@H](C(C)(C)C)NC(=O)O[C@]3(C)C[C@H]3CCCC(F)(F)C(F)(F)c3nc4ccc(OC)cc4nc3O2)[C@@H]1[C-]=O.COc1ccc2nc3c(nc2c1)O[C@H]1CN(C(=O)[C@H](C(C)(C)C)NC(=O)O[C@@H]2CC4CC4[C@H]2CCOCC3(F)F)[C@H]([C-]=O)[C@@H]1C.[V].[V].[V]. The molecule has 6 aromatic rings. The van der Waals surface area contributed by atoms with Gasteiger partial charge in [-0.2, -0.15) is 43.9 Å². The number of amides is 6. The molecule has 3 saturated heterocycles. The quantitative estimate of drug-likeness (QED) is 0.0724. The zero-order valence-corrected chi connectivity index (χ0v) is 84.0. The predicted octanol–water partition coefficient (Wildman–Crippen LogP) is 14.7. The minimum atomic E-state index is -4.80. The van der Waals surface area contributed by atoms with Crippen LogP contribution in [0, 0.1) is 63.6 Å². The van der Waals surface area contributed by atoms with Gasteiger partial charge in [0.25, 0.3) is 0 Å². The van der Waals surface area contributed by atoms with Crippen molar-refractivity contribution in [2.24, 2.45) is 63.6 Å². The third kappa shape index (κ3) is 23.0. The summed E-state index contributed by atoms with van der Waals surface area (Å²) < 4.78 is 213. The van der Waals surface area contributed by atoms with Crippen LogP contribution in [0.2, 0.25) is 0 Å². The summed E-state index contributed by atoms with van der Waals surface area (Å²) in [4.78, 5) is 146. The maximum atomic E-state index is 16.0. The zero-order valence-electron chi connectivity index (χ0n) is 79.8. The van der Waals surface area contributed by atoms with Crippen molar-refractivity contribution < 1.29 is 190 Å². The molecular formula is C95H115F10N12O19V3-3. The maximum Gasteiger partial charge on any atom is 0.408 e. The van der Waals surface area contributed by atoms with Crippen LogP contribution in [0.15, 0.2) is 54.6 Å². The molecule has 3 aromatic carbocycles. The summed E-state index contributed by atoms with van der Waals surface area (Å²) in [6.07, 6.45) is -0.301. The molecule has 139 heavy (non-hydrogen) atoms. The molecule has 20 atom stereocenters. The first-order chi connectivity index (χ1) is 63.9. The molecule has 10 aliphatic rings. The third-order valence-corrected chi connectivity index (χ3v) is 28.0. The Hall–Kier alpha value is -9.28. The predicted molar refractivity (Wildman–Crippen MR) is 467 cm³/mol. The van der Waals surface area contributed by atoms with Crippen LogP contribution in [0.3, 0.4) is 0 Å². The van der Waals surface area contributed by atoms with Crippen LogP contribution >= 0.6 is 0 Å². The van der Waals surface area contributed by atoms with Crippen LogP contribution in [0.4, 0.5) is 58.3 Å². The first-order valence-corrected chi connectivity index (χ1v) is 45.9. The molecule has 2 unspecified atom stereocenters. The number of carbonyl (C=O) groups excluding carboxylic acids is 9. The van der Waals surface area contributed by atoms with Crippen molar-refractivity contribution in [3.8, 4) is 34.9 Å². The molecule has 4 aliphatic carbocycles. The van der Waals surface area contributed by atoms with Gasteiger partial charge in [-0.3, -0.25) is 14.4 Å². The van der Waals surface area contributed by atoms with E-state index in [2.05, 4.69) is 45.9 Å². The van der Waals surface area contributed by atoms with Gasteiger partial charge in [-0.1, -0.05) is 114 Å². The Labute approximate surface area is 833 Å². The van der Waals surface area contributed by atoms with Crippen molar-refractivity contribution in [1.82, 2.24) is 60.6 Å². The van der Waals surface area contributed by atoms with Crippen molar-refractivity contribution in [3.63, 3.8) is 0 Å². The fourth-order valence-corrected chi connectivity index (χ4v) is 19.7. The van der Waals surface area contributed by atoms with Gasteiger partial charge in [-0.25, -0.2) is 63.1 Å². The number of alkyl halides is 10. The molecule has 31 nitrogen and oxygen atoms in total. The van der Waals surface area contributed by atoms with Gasteiger partial charge in [0, 0.05) is 105 Å². The molecule has 6 aliphatic heterocycles. The van der Waals surface area contributed by atoms with E-state index >= 15 is 43.9 Å². The molecule has 7 fully saturated rings. The molecule has 16 rings (SSSR count). The molecule has 9 heterocycles. The summed E-state index contributed by atoms with van der Waals surface area (Å²) in [5, 5.41) is 8.04. The average Bonchev–Trinajstić information content (AvgIpc) is 0.795. The van der Waals surface area contributed by atoms with Gasteiger partial charge in [0.2, 0.25) is 35.4 Å². The van der Waals surface area contributed by atoms with Gasteiger partial charge in [0.1, 0.15) is 78.1 Å². The minimum Gasteiger partial charge on any atom is -0.540 e. The van der Waals surface area contributed by atoms with E-state index in [0.717, 1.165) is 6.42 Å². The fraction of sp³-hybridized carbons (Fsp3) is 0.653. The van der Waals surface area contributed by atoms with Crippen LogP contribution in [0.25, 0.3) is 33.1 Å². The van der Waals surface area contributed by atoms with E-state index in [-0.39, 0.29) is 171 Å². The second-order valence-corrected chi connectivity index (χ2v) is 40.6. The van der Waals surface area contributed by atoms with Crippen LogP contribution in [0.5, 0.6) is 34.9 Å². The number of ether oxygens (including phenoxy) is 10. The van der Waals surface area contributed by atoms with Crippen LogP contribution < -0.4 is 44.4 Å². The monoisotopic (exact) mass is 2070 g/mol. The Balaban J connectivity index is 0.000000198. The smallest absolute Gasteiger partial charge is 0.408 e. The topological polar surface area (TPSA) is 369 Å². The summed E-state index contributed by atoms with van der Waals surface area (Å²) in [7, 11) is 4.26. The van der Waals surface area contributed by atoms with E-state index in [4.69, 9.17) is 47.4 Å². The normalized spacial score (nSPS) is 30.9. The molecule has 6 amide bonds. The fourth-order valence-electron chi connectivity index (χ4n) is 19.7. The van der Waals surface area contributed by atoms with Crippen LogP contribution in [-0.4, -0.2) is 238 Å². The van der Waals surface area contributed by atoms with Crippen molar-refractivity contribution in [2.45, 2.75) is 275 Å². The number of methoxy groups -OCH3 is 3. The van der Waals surface area contributed by atoms with E-state index in [9.17, 15) is 43.2 Å². The standard InChI is InChI=1S/C32H39F4N4O6.C32H39F2N4O7.C31H37F4N4O6.3V/c1-7-19-22(16-41)40-15-23(19)45-26-24(37-20-11-10-18(44-6)13-21(20)38-26)32(35,36)31(33,34)12-8-9-17-14-30(17,5)46-28(43)39-25(27(40)42)29(2,3)4;1-16-23(14-39)38-13-25(16)44-28-26(35-21-7-6-18(42-5)12-22(21)36-28)32(33,34)15-43-9-8-19-20-10-17(20)11-24(19)45-30(41)37-27(29(38)40)31(2,3)4;1-6-18-21(15-40)39-14-23(18)44-26-24(36-19-10-9-17(43-5)13-20(19)37-26)31(34,35)30(32,33)11-7-8-16-12-22(16)45-28(42)38-25(27(39)41)29(2,3)4;;;/h10-11,13,17,19,22-23,25H,7-9,12,14-15H2,1-6H3,(H,39,43);6-7,12,16-17,19-20,23-25,27H,8-11,13,15H2,1-5H3,(H,37,41);9-10,13,16,18,21-23,25H,6-8,11-12,14H2,1-5H3,(H,38,42);;;/q3*-1;;;/t17-,19+,22-,23+,25-,30-;16-,17?,19+,20?,23+,24+,25-,27+;16-,18+,21-,22-,23+,25-;;;/m101.../s1. The molecule has 44 heteroatoms. The first-order valence-electron chi connectivity index (χ1n) is 45.9. The molecular weight excluding hydrogens is 1960 g/mol. The number of hydrogen-bond acceptors (Lipinski definition) is 25. The maximum absolute atomic E-state index is 16.0. The average molecular weight is 2070 g/mol. The third-order valence-electron chi connectivity index (χ3n) is 28.0. The second-order valence-electron chi connectivity index (χ2n) is 40.6. The number of rotatable bonds is 8. The Morgan fingerprint density at radius 3 is 1.25 bits per heavy atom. The summed E-state index contributed by atoms with van der Waals surface area (Å²) in [5.41, 5.74) is -6.36. The number of benzene rings is 3. The number of alkyl carbamates (subject to hydrolysis) is 3. The largest absolute Gasteiger partial charge is 0.540 e. The van der Waals surface area contributed by atoms with Gasteiger partial charge in [0.15, 0.2) is 17.1 Å². The Morgan fingerprint density at radius 1 is 0.453 bits per heavy atom. The van der Waals surface area contributed by atoms with Crippen LogP contribution in [-0.2, 0) is 121 Å². The van der Waals surface area contributed by atoms with Crippen LogP contribution in [0.1, 0.15) is 191 Å². The molecule has 3 radical (unpaired) electrons.